The molecule has 2 amide bonds. The molecule has 0 radical (unpaired) electrons. The number of para-hydroxylation sites is 1. The van der Waals surface area contributed by atoms with E-state index in [4.69, 9.17) is 5.73 Å². The first-order valence-corrected chi connectivity index (χ1v) is 5.75. The maximum atomic E-state index is 11.4. The molecule has 0 heterocycles. The summed E-state index contributed by atoms with van der Waals surface area (Å²) in [5.41, 5.74) is 5.38. The van der Waals surface area contributed by atoms with E-state index in [1.54, 1.807) is 6.07 Å². The average molecular weight is 281 g/mol. The molecule has 0 saturated heterocycles. The molecule has 8 nitrogen and oxygen atoms in total. The Morgan fingerprint density at radius 2 is 2.10 bits per heavy atom. The number of hydrogen-bond acceptors (Lipinski definition) is 5. The molecule has 1 aromatic rings. The number of methoxy groups -OCH3 is 1. The zero-order valence-electron chi connectivity index (χ0n) is 10.9. The van der Waals surface area contributed by atoms with Gasteiger partial charge in [-0.3, -0.25) is 19.7 Å². The lowest BCUT2D eigenvalue weighted by Gasteiger charge is -2.15. The summed E-state index contributed by atoms with van der Waals surface area (Å²) in [5, 5.41) is 13.3. The number of nitro groups is 1. The van der Waals surface area contributed by atoms with Crippen LogP contribution in [0.15, 0.2) is 24.3 Å². The summed E-state index contributed by atoms with van der Waals surface area (Å²) >= 11 is 0. The Morgan fingerprint density at radius 1 is 1.45 bits per heavy atom. The van der Waals surface area contributed by atoms with Crippen molar-refractivity contribution in [3.05, 3.63) is 39.9 Å². The third kappa shape index (κ3) is 4.32. The highest BCUT2D eigenvalue weighted by Gasteiger charge is 2.22. The molecule has 108 valence electrons. The average Bonchev–Trinajstić information content (AvgIpc) is 2.38. The molecule has 0 fully saturated rings. The van der Waals surface area contributed by atoms with Crippen LogP contribution in [0.1, 0.15) is 5.56 Å². The summed E-state index contributed by atoms with van der Waals surface area (Å²) in [4.78, 5) is 33.0. The van der Waals surface area contributed by atoms with Gasteiger partial charge in [-0.1, -0.05) is 18.2 Å². The SMILES string of the molecule is COCC(=O)N[C@H](Cc1ccccc1[N+](=O)[O-])C(N)=O. The van der Waals surface area contributed by atoms with Gasteiger partial charge in [0.05, 0.1) is 4.92 Å². The largest absolute Gasteiger partial charge is 0.375 e. The van der Waals surface area contributed by atoms with Crippen molar-refractivity contribution in [2.75, 3.05) is 13.7 Å². The Kier molecular flexibility index (Phi) is 5.60. The highest BCUT2D eigenvalue weighted by molar-refractivity contribution is 5.87. The van der Waals surface area contributed by atoms with Gasteiger partial charge in [0, 0.05) is 25.2 Å². The maximum Gasteiger partial charge on any atom is 0.272 e. The van der Waals surface area contributed by atoms with Crippen LogP contribution in [0.3, 0.4) is 0 Å². The van der Waals surface area contributed by atoms with Gasteiger partial charge in [-0.25, -0.2) is 0 Å². The van der Waals surface area contributed by atoms with Crippen molar-refractivity contribution in [1.82, 2.24) is 5.32 Å². The second-order valence-electron chi connectivity index (χ2n) is 4.05. The van der Waals surface area contributed by atoms with Crippen molar-refractivity contribution in [3.8, 4) is 0 Å². The monoisotopic (exact) mass is 281 g/mol. The molecular weight excluding hydrogens is 266 g/mol. The fraction of sp³-hybridized carbons (Fsp3) is 0.333. The number of nitrogens with two attached hydrogens (primary N) is 1. The van der Waals surface area contributed by atoms with Gasteiger partial charge in [-0.05, 0) is 0 Å². The Hall–Kier alpha value is -2.48. The van der Waals surface area contributed by atoms with Crippen LogP contribution in [0.2, 0.25) is 0 Å². The fourth-order valence-corrected chi connectivity index (χ4v) is 1.67. The predicted octanol–water partition coefficient (Wildman–Crippen LogP) is -0.246. The van der Waals surface area contributed by atoms with E-state index in [1.165, 1.54) is 25.3 Å². The lowest BCUT2D eigenvalue weighted by atomic mass is 10.0. The lowest BCUT2D eigenvalue weighted by Crippen LogP contribution is -2.47. The molecule has 0 aliphatic heterocycles. The van der Waals surface area contributed by atoms with Crippen LogP contribution >= 0.6 is 0 Å². The van der Waals surface area contributed by atoms with Gasteiger partial charge >= 0.3 is 0 Å². The van der Waals surface area contributed by atoms with Crippen LogP contribution < -0.4 is 11.1 Å². The number of ether oxygens (including phenoxy) is 1. The van der Waals surface area contributed by atoms with Gasteiger partial charge < -0.3 is 15.8 Å². The first-order chi connectivity index (χ1) is 9.45. The van der Waals surface area contributed by atoms with Gasteiger partial charge in [0.15, 0.2) is 0 Å². The zero-order valence-corrected chi connectivity index (χ0v) is 10.9. The third-order valence-electron chi connectivity index (χ3n) is 2.57. The molecule has 0 spiro atoms. The number of nitro benzene ring substituents is 1. The number of carbonyl (C=O) groups excluding carboxylic acids is 2. The van der Waals surface area contributed by atoms with E-state index in [9.17, 15) is 19.7 Å². The Labute approximate surface area is 115 Å². The minimum atomic E-state index is -1.03. The fourth-order valence-electron chi connectivity index (χ4n) is 1.67. The maximum absolute atomic E-state index is 11.4. The van der Waals surface area contributed by atoms with Crippen molar-refractivity contribution in [3.63, 3.8) is 0 Å². The highest BCUT2D eigenvalue weighted by Crippen LogP contribution is 2.19. The molecule has 0 bridgehead atoms. The van der Waals surface area contributed by atoms with E-state index in [0.29, 0.717) is 5.56 Å². The topological polar surface area (TPSA) is 125 Å². The number of hydrogen-bond donors (Lipinski definition) is 2. The van der Waals surface area contributed by atoms with E-state index in [0.717, 1.165) is 0 Å². The number of benzene rings is 1. The predicted molar refractivity (Wildman–Crippen MR) is 69.8 cm³/mol. The second-order valence-corrected chi connectivity index (χ2v) is 4.05. The van der Waals surface area contributed by atoms with Crippen molar-refractivity contribution in [1.29, 1.82) is 0 Å². The summed E-state index contributed by atoms with van der Waals surface area (Å²) in [6, 6.07) is 4.93. The Balaban J connectivity index is 2.89. The number of nitrogens with one attached hydrogen (secondary N) is 1. The number of amides is 2. The number of primary amides is 1. The first kappa shape index (κ1) is 15.6. The normalized spacial score (nSPS) is 11.7. The molecule has 8 heteroatoms. The molecule has 1 atom stereocenters. The van der Waals surface area contributed by atoms with Crippen LogP contribution in [-0.2, 0) is 20.7 Å². The minimum Gasteiger partial charge on any atom is -0.375 e. The van der Waals surface area contributed by atoms with Crippen LogP contribution in [0.25, 0.3) is 0 Å². The zero-order chi connectivity index (χ0) is 15.1. The van der Waals surface area contributed by atoms with E-state index in [2.05, 4.69) is 10.1 Å². The number of nitrogens with zero attached hydrogens (tertiary/aromatic N) is 1. The molecule has 20 heavy (non-hydrogen) atoms. The van der Waals surface area contributed by atoms with Gasteiger partial charge in [0.1, 0.15) is 12.6 Å². The number of carbonyl (C=O) groups is 2. The minimum absolute atomic E-state index is 0.0536. The van der Waals surface area contributed by atoms with Crippen LogP contribution in [0, 0.1) is 10.1 Å². The van der Waals surface area contributed by atoms with Crippen LogP contribution in [0.5, 0.6) is 0 Å². The van der Waals surface area contributed by atoms with Crippen molar-refractivity contribution >= 4 is 17.5 Å². The highest BCUT2D eigenvalue weighted by atomic mass is 16.6. The van der Waals surface area contributed by atoms with Gasteiger partial charge in [0.25, 0.3) is 5.69 Å². The van der Waals surface area contributed by atoms with Gasteiger partial charge in [-0.15, -0.1) is 0 Å². The molecule has 0 aromatic heterocycles. The van der Waals surface area contributed by atoms with E-state index in [-0.39, 0.29) is 18.7 Å². The third-order valence-corrected chi connectivity index (χ3v) is 2.57. The summed E-state index contributed by atoms with van der Waals surface area (Å²) < 4.78 is 4.62. The molecule has 0 aliphatic carbocycles. The van der Waals surface area contributed by atoms with Gasteiger partial charge in [-0.2, -0.15) is 0 Å². The Morgan fingerprint density at radius 3 is 2.65 bits per heavy atom. The molecule has 1 aromatic carbocycles. The summed E-state index contributed by atoms with van der Waals surface area (Å²) in [6.07, 6.45) is -0.0536. The molecule has 1 rings (SSSR count). The van der Waals surface area contributed by atoms with Gasteiger partial charge in [0.2, 0.25) is 11.8 Å². The molecule has 0 aliphatic rings. The summed E-state index contributed by atoms with van der Waals surface area (Å²) in [7, 11) is 1.33. The van der Waals surface area contributed by atoms with Crippen LogP contribution in [-0.4, -0.2) is 36.5 Å². The molecule has 0 unspecified atom stereocenters. The first-order valence-electron chi connectivity index (χ1n) is 5.75. The summed E-state index contributed by atoms with van der Waals surface area (Å²) in [5.74, 6) is -1.29. The molecule has 3 N–H and O–H groups in total. The van der Waals surface area contributed by atoms with E-state index >= 15 is 0 Å². The summed E-state index contributed by atoms with van der Waals surface area (Å²) in [6.45, 7) is -0.222. The standard InChI is InChI=1S/C12H15N3O5/c1-20-7-11(16)14-9(12(13)17)6-8-4-2-3-5-10(8)15(18)19/h2-5,9H,6-7H2,1H3,(H2,13,17)(H,14,16)/t9-/m1/s1. The lowest BCUT2D eigenvalue weighted by molar-refractivity contribution is -0.385. The van der Waals surface area contributed by atoms with E-state index < -0.39 is 22.8 Å². The number of rotatable bonds is 7. The molecular formula is C12H15N3O5. The molecule has 0 saturated carbocycles. The van der Waals surface area contributed by atoms with E-state index in [1.807, 2.05) is 0 Å². The van der Waals surface area contributed by atoms with Crippen molar-refractivity contribution < 1.29 is 19.2 Å². The quantitative estimate of drug-likeness (QED) is 0.527. The van der Waals surface area contributed by atoms with Crippen molar-refractivity contribution in [2.45, 2.75) is 12.5 Å². The van der Waals surface area contributed by atoms with Crippen LogP contribution in [0.4, 0.5) is 5.69 Å². The second kappa shape index (κ2) is 7.19. The van der Waals surface area contributed by atoms with Crippen molar-refractivity contribution in [2.24, 2.45) is 5.73 Å². The smallest absolute Gasteiger partial charge is 0.272 e. The Bertz CT molecular complexity index is 518.